The van der Waals surface area contributed by atoms with E-state index in [0.29, 0.717) is 5.13 Å². The van der Waals surface area contributed by atoms with Crippen LogP contribution in [-0.2, 0) is 4.74 Å². The standard InChI is InChI=1S/C13H15N3OS/c14-13-15-12(9-18-13)10-1-3-11(4-2-10)16-5-7-17-8-6-16/h1-4,9H,5-8H2,(H2,14,15). The van der Waals surface area contributed by atoms with Crippen molar-refractivity contribution in [3.63, 3.8) is 0 Å². The van der Waals surface area contributed by atoms with Gasteiger partial charge >= 0.3 is 0 Å². The fraction of sp³-hybridized carbons (Fsp3) is 0.308. The third-order valence-electron chi connectivity index (χ3n) is 3.06. The highest BCUT2D eigenvalue weighted by molar-refractivity contribution is 7.13. The molecule has 1 aromatic carbocycles. The zero-order valence-corrected chi connectivity index (χ0v) is 10.8. The van der Waals surface area contributed by atoms with Crippen LogP contribution in [0.3, 0.4) is 0 Å². The maximum absolute atomic E-state index is 5.65. The van der Waals surface area contributed by atoms with Crippen LogP contribution in [0.2, 0.25) is 0 Å². The number of nitrogens with zero attached hydrogens (tertiary/aromatic N) is 2. The number of thiazole rings is 1. The number of benzene rings is 1. The van der Waals surface area contributed by atoms with Gasteiger partial charge < -0.3 is 15.4 Å². The molecule has 1 aliphatic heterocycles. The smallest absolute Gasteiger partial charge is 0.180 e. The van der Waals surface area contributed by atoms with E-state index >= 15 is 0 Å². The minimum Gasteiger partial charge on any atom is -0.378 e. The molecule has 0 atom stereocenters. The summed E-state index contributed by atoms with van der Waals surface area (Å²) in [6.07, 6.45) is 0. The van der Waals surface area contributed by atoms with Crippen molar-refractivity contribution >= 4 is 22.2 Å². The highest BCUT2D eigenvalue weighted by Crippen LogP contribution is 2.25. The molecule has 0 amide bonds. The molecule has 0 bridgehead atoms. The maximum Gasteiger partial charge on any atom is 0.180 e. The lowest BCUT2D eigenvalue weighted by molar-refractivity contribution is 0.122. The molecule has 1 aliphatic rings. The van der Waals surface area contributed by atoms with E-state index in [4.69, 9.17) is 10.5 Å². The van der Waals surface area contributed by atoms with Crippen LogP contribution in [0.5, 0.6) is 0 Å². The summed E-state index contributed by atoms with van der Waals surface area (Å²) < 4.78 is 5.35. The predicted molar refractivity (Wildman–Crippen MR) is 75.0 cm³/mol. The van der Waals surface area contributed by atoms with Crippen molar-refractivity contribution in [2.75, 3.05) is 36.9 Å². The monoisotopic (exact) mass is 261 g/mol. The molecule has 0 spiro atoms. The van der Waals surface area contributed by atoms with Crippen LogP contribution in [0.1, 0.15) is 0 Å². The van der Waals surface area contributed by atoms with Gasteiger partial charge in [0.15, 0.2) is 5.13 Å². The molecule has 2 N–H and O–H groups in total. The number of ether oxygens (including phenoxy) is 1. The van der Waals surface area contributed by atoms with Gasteiger partial charge in [-0.1, -0.05) is 12.1 Å². The van der Waals surface area contributed by atoms with E-state index in [-0.39, 0.29) is 0 Å². The van der Waals surface area contributed by atoms with Crippen LogP contribution >= 0.6 is 11.3 Å². The molecule has 0 aliphatic carbocycles. The number of nitrogens with two attached hydrogens (primary N) is 1. The summed E-state index contributed by atoms with van der Waals surface area (Å²) in [6.45, 7) is 3.54. The van der Waals surface area contributed by atoms with Gasteiger partial charge in [0.1, 0.15) is 0 Å². The van der Waals surface area contributed by atoms with Crippen LogP contribution in [0.25, 0.3) is 11.3 Å². The van der Waals surface area contributed by atoms with Crippen molar-refractivity contribution in [3.8, 4) is 11.3 Å². The van der Waals surface area contributed by atoms with Gasteiger partial charge in [-0.3, -0.25) is 0 Å². The minimum atomic E-state index is 0.613. The summed E-state index contributed by atoms with van der Waals surface area (Å²) in [5.74, 6) is 0. The Balaban J connectivity index is 1.80. The molecule has 1 fully saturated rings. The topological polar surface area (TPSA) is 51.4 Å². The van der Waals surface area contributed by atoms with E-state index in [1.165, 1.54) is 17.0 Å². The number of anilines is 2. The second kappa shape index (κ2) is 4.96. The Kier molecular flexibility index (Phi) is 3.17. The average molecular weight is 261 g/mol. The van der Waals surface area contributed by atoms with Gasteiger partial charge in [0.25, 0.3) is 0 Å². The fourth-order valence-corrected chi connectivity index (χ4v) is 2.66. The van der Waals surface area contributed by atoms with Crippen LogP contribution in [0, 0.1) is 0 Å². The highest BCUT2D eigenvalue weighted by atomic mass is 32.1. The van der Waals surface area contributed by atoms with Crippen molar-refractivity contribution in [1.82, 2.24) is 4.98 Å². The Labute approximate surface area is 110 Å². The lowest BCUT2D eigenvalue weighted by Gasteiger charge is -2.28. The van der Waals surface area contributed by atoms with E-state index in [2.05, 4.69) is 34.1 Å². The first-order chi connectivity index (χ1) is 8.83. The molecule has 0 unspecified atom stereocenters. The molecular weight excluding hydrogens is 246 g/mol. The molecule has 0 saturated carbocycles. The van der Waals surface area contributed by atoms with E-state index in [9.17, 15) is 0 Å². The summed E-state index contributed by atoms with van der Waals surface area (Å²) in [4.78, 5) is 6.62. The van der Waals surface area contributed by atoms with Gasteiger partial charge in [0.2, 0.25) is 0 Å². The number of hydrogen-bond donors (Lipinski definition) is 1. The third kappa shape index (κ3) is 2.32. The largest absolute Gasteiger partial charge is 0.378 e. The molecule has 5 heteroatoms. The summed E-state index contributed by atoms with van der Waals surface area (Å²) >= 11 is 1.47. The zero-order chi connectivity index (χ0) is 12.4. The molecule has 2 heterocycles. The highest BCUT2D eigenvalue weighted by Gasteiger charge is 2.11. The predicted octanol–water partition coefficient (Wildman–Crippen LogP) is 2.23. The summed E-state index contributed by atoms with van der Waals surface area (Å²) in [5.41, 5.74) is 8.95. The van der Waals surface area contributed by atoms with E-state index < -0.39 is 0 Å². The van der Waals surface area contributed by atoms with Gasteiger partial charge in [-0.15, -0.1) is 11.3 Å². The van der Waals surface area contributed by atoms with E-state index in [1.54, 1.807) is 0 Å². The SMILES string of the molecule is Nc1nc(-c2ccc(N3CCOCC3)cc2)cs1. The van der Waals surface area contributed by atoms with Gasteiger partial charge in [0, 0.05) is 29.7 Å². The van der Waals surface area contributed by atoms with Crippen LogP contribution in [0.15, 0.2) is 29.6 Å². The van der Waals surface area contributed by atoms with Gasteiger partial charge in [-0.25, -0.2) is 4.98 Å². The van der Waals surface area contributed by atoms with Crippen molar-refractivity contribution in [3.05, 3.63) is 29.6 Å². The molecule has 0 radical (unpaired) electrons. The molecule has 94 valence electrons. The number of morpholine rings is 1. The van der Waals surface area contributed by atoms with E-state index in [0.717, 1.165) is 37.6 Å². The van der Waals surface area contributed by atoms with Crippen molar-refractivity contribution < 1.29 is 4.74 Å². The number of aromatic nitrogens is 1. The molecule has 18 heavy (non-hydrogen) atoms. The molecular formula is C13H15N3OS. The van der Waals surface area contributed by atoms with Crippen molar-refractivity contribution in [2.24, 2.45) is 0 Å². The first kappa shape index (κ1) is 11.5. The fourth-order valence-electron chi connectivity index (χ4n) is 2.08. The Bertz CT molecular complexity index is 517. The van der Waals surface area contributed by atoms with E-state index in [1.807, 2.05) is 5.38 Å². The summed E-state index contributed by atoms with van der Waals surface area (Å²) in [5, 5.41) is 2.60. The van der Waals surface area contributed by atoms with Crippen molar-refractivity contribution in [1.29, 1.82) is 0 Å². The third-order valence-corrected chi connectivity index (χ3v) is 3.74. The first-order valence-electron chi connectivity index (χ1n) is 5.97. The zero-order valence-electron chi connectivity index (χ0n) is 10.0. The Morgan fingerprint density at radius 1 is 1.17 bits per heavy atom. The maximum atomic E-state index is 5.65. The van der Waals surface area contributed by atoms with Crippen LogP contribution in [-0.4, -0.2) is 31.3 Å². The molecule has 2 aromatic rings. The lowest BCUT2D eigenvalue weighted by Crippen LogP contribution is -2.36. The number of hydrogen-bond acceptors (Lipinski definition) is 5. The Morgan fingerprint density at radius 2 is 1.89 bits per heavy atom. The normalized spacial score (nSPS) is 15.9. The minimum absolute atomic E-state index is 0.613. The van der Waals surface area contributed by atoms with Gasteiger partial charge in [-0.05, 0) is 12.1 Å². The summed E-state index contributed by atoms with van der Waals surface area (Å²) in [7, 11) is 0. The molecule has 1 saturated heterocycles. The van der Waals surface area contributed by atoms with Crippen LogP contribution in [0.4, 0.5) is 10.8 Å². The first-order valence-corrected chi connectivity index (χ1v) is 6.85. The Morgan fingerprint density at radius 3 is 2.50 bits per heavy atom. The quantitative estimate of drug-likeness (QED) is 0.900. The van der Waals surface area contributed by atoms with Gasteiger partial charge in [-0.2, -0.15) is 0 Å². The Hall–Kier alpha value is -1.59. The summed E-state index contributed by atoms with van der Waals surface area (Å²) in [6, 6.07) is 8.46. The lowest BCUT2D eigenvalue weighted by atomic mass is 10.1. The molecule has 1 aromatic heterocycles. The van der Waals surface area contributed by atoms with Gasteiger partial charge in [0.05, 0.1) is 18.9 Å². The van der Waals surface area contributed by atoms with Crippen LogP contribution < -0.4 is 10.6 Å². The number of nitrogen functional groups attached to an aromatic ring is 1. The second-order valence-corrected chi connectivity index (χ2v) is 5.11. The molecule has 4 nitrogen and oxygen atoms in total. The number of rotatable bonds is 2. The van der Waals surface area contributed by atoms with Crippen molar-refractivity contribution in [2.45, 2.75) is 0 Å². The average Bonchev–Trinajstić information content (AvgIpc) is 2.87. The second-order valence-electron chi connectivity index (χ2n) is 4.22. The molecule has 3 rings (SSSR count).